The zero-order chi connectivity index (χ0) is 15.7. The van der Waals surface area contributed by atoms with Gasteiger partial charge in [0.1, 0.15) is 5.75 Å². The third-order valence-electron chi connectivity index (χ3n) is 3.99. The van der Waals surface area contributed by atoms with E-state index in [9.17, 15) is 4.79 Å². The van der Waals surface area contributed by atoms with Gasteiger partial charge in [-0.05, 0) is 48.7 Å². The third kappa shape index (κ3) is 2.85. The van der Waals surface area contributed by atoms with Crippen LogP contribution >= 0.6 is 27.5 Å². The summed E-state index contributed by atoms with van der Waals surface area (Å²) in [4.78, 5) is 12.7. The molecule has 22 heavy (non-hydrogen) atoms. The van der Waals surface area contributed by atoms with Crippen molar-refractivity contribution in [3.8, 4) is 5.75 Å². The van der Waals surface area contributed by atoms with Gasteiger partial charge in [0.05, 0.1) is 18.2 Å². The number of halogens is 2. The Kier molecular flexibility index (Phi) is 4.15. The number of hydrogen-bond acceptors (Lipinski definition) is 2. The molecule has 0 unspecified atom stereocenters. The maximum absolute atomic E-state index is 12.7. The van der Waals surface area contributed by atoms with Crippen molar-refractivity contribution in [1.29, 1.82) is 0 Å². The highest BCUT2D eigenvalue weighted by molar-refractivity contribution is 9.10. The Labute approximate surface area is 142 Å². The van der Waals surface area contributed by atoms with Crippen molar-refractivity contribution < 1.29 is 9.53 Å². The van der Waals surface area contributed by atoms with Crippen molar-refractivity contribution in [3.63, 3.8) is 0 Å². The van der Waals surface area contributed by atoms with E-state index in [2.05, 4.69) is 21.2 Å². The molecule has 0 spiro atoms. The minimum Gasteiger partial charge on any atom is -0.495 e. The summed E-state index contributed by atoms with van der Waals surface area (Å²) in [5.41, 5.74) is 1.20. The quantitative estimate of drug-likeness (QED) is 0.829. The summed E-state index contributed by atoms with van der Waals surface area (Å²) in [7, 11) is 1.57. The smallest absolute Gasteiger partial charge is 0.235 e. The molecule has 3 nitrogen and oxygen atoms in total. The molecule has 2 aromatic carbocycles. The molecule has 0 radical (unpaired) electrons. The van der Waals surface area contributed by atoms with E-state index in [0.717, 1.165) is 22.9 Å². The highest BCUT2D eigenvalue weighted by Gasteiger charge is 2.51. The number of carbonyl (C=O) groups excluding carboxylic acids is 1. The van der Waals surface area contributed by atoms with E-state index in [1.807, 2.05) is 24.3 Å². The van der Waals surface area contributed by atoms with Gasteiger partial charge in [0.2, 0.25) is 5.91 Å². The van der Waals surface area contributed by atoms with Crippen molar-refractivity contribution in [3.05, 3.63) is 57.5 Å². The highest BCUT2D eigenvalue weighted by atomic mass is 79.9. The zero-order valence-electron chi connectivity index (χ0n) is 12.0. The first kappa shape index (κ1) is 15.4. The van der Waals surface area contributed by atoms with Crippen LogP contribution in [0.25, 0.3) is 0 Å². The van der Waals surface area contributed by atoms with Crippen LogP contribution in [0.2, 0.25) is 5.02 Å². The maximum Gasteiger partial charge on any atom is 0.235 e. The van der Waals surface area contributed by atoms with Crippen LogP contribution in [0.1, 0.15) is 18.4 Å². The van der Waals surface area contributed by atoms with Crippen molar-refractivity contribution in [2.24, 2.45) is 0 Å². The van der Waals surface area contributed by atoms with Crippen molar-refractivity contribution in [2.75, 3.05) is 12.4 Å². The standard InChI is InChI=1S/C17H15BrClNO2/c1-22-15-7-6-13(19)10-14(15)20-16(21)17(8-9-17)11-2-4-12(18)5-3-11/h2-7,10H,8-9H2,1H3,(H,20,21). The monoisotopic (exact) mass is 379 g/mol. The van der Waals surface area contributed by atoms with E-state index < -0.39 is 5.41 Å². The molecule has 0 aliphatic heterocycles. The lowest BCUT2D eigenvalue weighted by Crippen LogP contribution is -2.28. The Morgan fingerprint density at radius 1 is 1.23 bits per heavy atom. The van der Waals surface area contributed by atoms with E-state index in [1.165, 1.54) is 0 Å². The molecular formula is C17H15BrClNO2. The van der Waals surface area contributed by atoms with E-state index in [-0.39, 0.29) is 5.91 Å². The van der Waals surface area contributed by atoms with E-state index >= 15 is 0 Å². The first-order valence-corrected chi connectivity index (χ1v) is 8.13. The number of methoxy groups -OCH3 is 1. The first-order valence-electron chi connectivity index (χ1n) is 6.96. The summed E-state index contributed by atoms with van der Waals surface area (Å²) < 4.78 is 6.28. The van der Waals surface area contributed by atoms with Gasteiger partial charge in [-0.3, -0.25) is 4.79 Å². The van der Waals surface area contributed by atoms with Crippen LogP contribution in [-0.4, -0.2) is 13.0 Å². The molecule has 3 rings (SSSR count). The van der Waals surface area contributed by atoms with E-state index in [0.29, 0.717) is 16.5 Å². The molecule has 0 atom stereocenters. The molecule has 5 heteroatoms. The van der Waals surface area contributed by atoms with Crippen molar-refractivity contribution in [2.45, 2.75) is 18.3 Å². The molecule has 1 fully saturated rings. The first-order chi connectivity index (χ1) is 10.5. The lowest BCUT2D eigenvalue weighted by Gasteiger charge is -2.17. The van der Waals surface area contributed by atoms with Crippen LogP contribution < -0.4 is 10.1 Å². The molecule has 2 aromatic rings. The summed E-state index contributed by atoms with van der Waals surface area (Å²) >= 11 is 9.43. The molecular weight excluding hydrogens is 366 g/mol. The van der Waals surface area contributed by atoms with Crippen LogP contribution in [0.3, 0.4) is 0 Å². The second kappa shape index (κ2) is 5.94. The molecule has 0 bridgehead atoms. The number of benzene rings is 2. The van der Waals surface area contributed by atoms with Gasteiger partial charge in [-0.25, -0.2) is 0 Å². The average Bonchev–Trinajstić information content (AvgIpc) is 3.30. The van der Waals surface area contributed by atoms with Crippen LogP contribution in [0.15, 0.2) is 46.9 Å². The minimum absolute atomic E-state index is 0.0182. The van der Waals surface area contributed by atoms with Gasteiger partial charge in [0.15, 0.2) is 0 Å². The van der Waals surface area contributed by atoms with Crippen LogP contribution in [-0.2, 0) is 10.2 Å². The summed E-state index contributed by atoms with van der Waals surface area (Å²) in [6, 6.07) is 13.1. The summed E-state index contributed by atoms with van der Waals surface area (Å²) in [6.45, 7) is 0. The lowest BCUT2D eigenvalue weighted by molar-refractivity contribution is -0.118. The van der Waals surface area contributed by atoms with Gasteiger partial charge in [-0.15, -0.1) is 0 Å². The number of anilines is 1. The molecule has 0 aromatic heterocycles. The Morgan fingerprint density at radius 3 is 2.50 bits per heavy atom. The topological polar surface area (TPSA) is 38.3 Å². The SMILES string of the molecule is COc1ccc(Cl)cc1NC(=O)C1(c2ccc(Br)cc2)CC1. The Morgan fingerprint density at radius 2 is 1.91 bits per heavy atom. The van der Waals surface area contributed by atoms with E-state index in [1.54, 1.807) is 25.3 Å². The average molecular weight is 381 g/mol. The molecule has 1 aliphatic rings. The fourth-order valence-corrected chi connectivity index (χ4v) is 3.00. The Balaban J connectivity index is 1.86. The molecule has 1 saturated carbocycles. The minimum atomic E-state index is -0.436. The number of nitrogens with one attached hydrogen (secondary N) is 1. The number of ether oxygens (including phenoxy) is 1. The molecule has 1 N–H and O–H groups in total. The van der Waals surface area contributed by atoms with Crippen molar-refractivity contribution >= 4 is 39.1 Å². The van der Waals surface area contributed by atoms with Crippen molar-refractivity contribution in [1.82, 2.24) is 0 Å². The molecule has 1 aliphatic carbocycles. The largest absolute Gasteiger partial charge is 0.495 e. The fraction of sp³-hybridized carbons (Fsp3) is 0.235. The highest BCUT2D eigenvalue weighted by Crippen LogP contribution is 2.49. The normalized spacial score (nSPS) is 15.2. The number of carbonyl (C=O) groups is 1. The Bertz CT molecular complexity index is 711. The van der Waals surface area contributed by atoms with Gasteiger partial charge >= 0.3 is 0 Å². The lowest BCUT2D eigenvalue weighted by atomic mass is 9.95. The van der Waals surface area contributed by atoms with Crippen LogP contribution in [0.4, 0.5) is 5.69 Å². The maximum atomic E-state index is 12.7. The molecule has 114 valence electrons. The predicted octanol–water partition coefficient (Wildman–Crippen LogP) is 4.78. The van der Waals surface area contributed by atoms with Crippen LogP contribution in [0, 0.1) is 0 Å². The van der Waals surface area contributed by atoms with Gasteiger partial charge in [-0.1, -0.05) is 39.7 Å². The molecule has 0 heterocycles. The number of hydrogen-bond donors (Lipinski definition) is 1. The zero-order valence-corrected chi connectivity index (χ0v) is 14.4. The number of amides is 1. The summed E-state index contributed by atoms with van der Waals surface area (Å²) in [5, 5.41) is 3.52. The van der Waals surface area contributed by atoms with Gasteiger partial charge in [-0.2, -0.15) is 0 Å². The molecule has 1 amide bonds. The predicted molar refractivity (Wildman–Crippen MR) is 91.7 cm³/mol. The second-order valence-electron chi connectivity index (χ2n) is 5.39. The van der Waals surface area contributed by atoms with Gasteiger partial charge < -0.3 is 10.1 Å². The number of rotatable bonds is 4. The van der Waals surface area contributed by atoms with E-state index in [4.69, 9.17) is 16.3 Å². The fourth-order valence-electron chi connectivity index (χ4n) is 2.56. The van der Waals surface area contributed by atoms with Gasteiger partial charge in [0.25, 0.3) is 0 Å². The Hall–Kier alpha value is -1.52. The van der Waals surface area contributed by atoms with Gasteiger partial charge in [0, 0.05) is 9.50 Å². The molecule has 0 saturated heterocycles. The van der Waals surface area contributed by atoms with Crippen LogP contribution in [0.5, 0.6) is 5.75 Å². The summed E-state index contributed by atoms with van der Waals surface area (Å²) in [6.07, 6.45) is 1.70. The second-order valence-corrected chi connectivity index (χ2v) is 6.74. The summed E-state index contributed by atoms with van der Waals surface area (Å²) in [5.74, 6) is 0.583. The third-order valence-corrected chi connectivity index (χ3v) is 4.75.